The van der Waals surface area contributed by atoms with E-state index in [0.717, 1.165) is 43.9 Å². The molecule has 2 saturated heterocycles. The van der Waals surface area contributed by atoms with Crippen molar-refractivity contribution in [3.8, 4) is 0 Å². The van der Waals surface area contributed by atoms with Crippen LogP contribution in [0.5, 0.6) is 0 Å². The van der Waals surface area contributed by atoms with E-state index < -0.39 is 0 Å². The van der Waals surface area contributed by atoms with Crippen LogP contribution in [0, 0.1) is 13.8 Å². The molecule has 144 valence electrons. The summed E-state index contributed by atoms with van der Waals surface area (Å²) in [4.78, 5) is 37.2. The van der Waals surface area contributed by atoms with Gasteiger partial charge >= 0.3 is 0 Å². The molecular formula is C17H26ClN5O2S. The lowest BCUT2D eigenvalue weighted by molar-refractivity contribution is -0.139. The lowest BCUT2D eigenvalue weighted by Gasteiger charge is -2.41. The van der Waals surface area contributed by atoms with E-state index in [-0.39, 0.29) is 30.3 Å². The lowest BCUT2D eigenvalue weighted by Crippen LogP contribution is -2.57. The van der Waals surface area contributed by atoms with E-state index in [1.54, 1.807) is 0 Å². The Balaban J connectivity index is 0.00000243. The summed E-state index contributed by atoms with van der Waals surface area (Å²) in [5.74, 6) is 0.578. The first-order valence-electron chi connectivity index (χ1n) is 8.76. The maximum atomic E-state index is 12.6. The van der Waals surface area contributed by atoms with E-state index in [1.165, 1.54) is 11.8 Å². The molecule has 7 nitrogen and oxygen atoms in total. The van der Waals surface area contributed by atoms with Crippen molar-refractivity contribution in [3.63, 3.8) is 0 Å². The van der Waals surface area contributed by atoms with Crippen molar-refractivity contribution in [2.75, 3.05) is 38.5 Å². The minimum atomic E-state index is 0. The maximum Gasteiger partial charge on any atom is 0.236 e. The molecule has 26 heavy (non-hydrogen) atoms. The van der Waals surface area contributed by atoms with Crippen molar-refractivity contribution < 1.29 is 9.59 Å². The zero-order chi connectivity index (χ0) is 17.8. The van der Waals surface area contributed by atoms with Gasteiger partial charge in [0.15, 0.2) is 5.16 Å². The second kappa shape index (κ2) is 9.53. The first kappa shape index (κ1) is 20.9. The van der Waals surface area contributed by atoms with E-state index in [4.69, 9.17) is 0 Å². The fourth-order valence-electron chi connectivity index (χ4n) is 3.42. The number of rotatable bonds is 4. The molecule has 1 N–H and O–H groups in total. The van der Waals surface area contributed by atoms with E-state index in [9.17, 15) is 9.59 Å². The Labute approximate surface area is 164 Å². The fraction of sp³-hybridized carbons (Fsp3) is 0.647. The molecular weight excluding hydrogens is 374 g/mol. The van der Waals surface area contributed by atoms with Crippen LogP contribution >= 0.6 is 24.2 Å². The van der Waals surface area contributed by atoms with Crippen molar-refractivity contribution in [3.05, 3.63) is 17.5 Å². The summed E-state index contributed by atoms with van der Waals surface area (Å²) in [5, 5.41) is 3.75. The largest absolute Gasteiger partial charge is 0.340 e. The summed E-state index contributed by atoms with van der Waals surface area (Å²) in [7, 11) is 0. The van der Waals surface area contributed by atoms with Gasteiger partial charge in [0.05, 0.1) is 12.3 Å². The predicted molar refractivity (Wildman–Crippen MR) is 104 cm³/mol. The average molecular weight is 400 g/mol. The average Bonchev–Trinajstić information content (AvgIpc) is 2.59. The normalized spacial score (nSPS) is 20.7. The molecule has 2 amide bonds. The van der Waals surface area contributed by atoms with Crippen molar-refractivity contribution in [1.82, 2.24) is 25.1 Å². The number of amides is 2. The maximum absolute atomic E-state index is 12.6. The summed E-state index contributed by atoms with van der Waals surface area (Å²) in [6.45, 7) is 7.24. The molecule has 9 heteroatoms. The van der Waals surface area contributed by atoms with Gasteiger partial charge in [-0.2, -0.15) is 0 Å². The number of carbonyl (C=O) groups is 2. The van der Waals surface area contributed by atoms with Gasteiger partial charge in [0.1, 0.15) is 0 Å². The Morgan fingerprint density at radius 1 is 1.31 bits per heavy atom. The van der Waals surface area contributed by atoms with Gasteiger partial charge in [-0.25, -0.2) is 9.97 Å². The molecule has 2 fully saturated rings. The number of nitrogens with one attached hydrogen (secondary N) is 1. The van der Waals surface area contributed by atoms with Gasteiger partial charge in [0.2, 0.25) is 11.8 Å². The Bertz CT molecular complexity index is 640. The van der Waals surface area contributed by atoms with E-state index in [2.05, 4.69) is 15.3 Å². The summed E-state index contributed by atoms with van der Waals surface area (Å²) in [6, 6.07) is 2.07. The Morgan fingerprint density at radius 3 is 2.73 bits per heavy atom. The summed E-state index contributed by atoms with van der Waals surface area (Å²) >= 11 is 1.38. The number of carbonyl (C=O) groups excluding carboxylic acids is 2. The van der Waals surface area contributed by atoms with E-state index >= 15 is 0 Å². The van der Waals surface area contributed by atoms with E-state index in [0.29, 0.717) is 24.0 Å². The molecule has 1 atom stereocenters. The van der Waals surface area contributed by atoms with Gasteiger partial charge in [0, 0.05) is 43.6 Å². The summed E-state index contributed by atoms with van der Waals surface area (Å²) in [5.41, 5.74) is 1.83. The highest BCUT2D eigenvalue weighted by Gasteiger charge is 2.31. The monoisotopic (exact) mass is 399 g/mol. The first-order chi connectivity index (χ1) is 12.0. The SMILES string of the molecule is Cc1cc(C)nc(SCC(=O)N2CCCC(N3CCNCC3=O)C2)n1.Cl. The molecule has 1 aromatic heterocycles. The smallest absolute Gasteiger partial charge is 0.236 e. The second-order valence-electron chi connectivity index (χ2n) is 6.62. The number of likely N-dealkylation sites (tertiary alicyclic amines) is 1. The number of thioether (sulfide) groups is 1. The van der Waals surface area contributed by atoms with Gasteiger partial charge in [0.25, 0.3) is 0 Å². The molecule has 2 aliphatic heterocycles. The molecule has 0 saturated carbocycles. The van der Waals surface area contributed by atoms with Crippen LogP contribution in [0.1, 0.15) is 24.2 Å². The number of piperidine rings is 1. The van der Waals surface area contributed by atoms with Crippen LogP contribution in [-0.2, 0) is 9.59 Å². The van der Waals surface area contributed by atoms with Crippen LogP contribution in [0.25, 0.3) is 0 Å². The van der Waals surface area contributed by atoms with Crippen LogP contribution < -0.4 is 5.32 Å². The van der Waals surface area contributed by atoms with Gasteiger partial charge in [-0.1, -0.05) is 11.8 Å². The third kappa shape index (κ3) is 5.31. The number of aryl methyl sites for hydroxylation is 2. The minimum Gasteiger partial charge on any atom is -0.340 e. The number of aromatic nitrogens is 2. The van der Waals surface area contributed by atoms with Crippen molar-refractivity contribution in [1.29, 1.82) is 0 Å². The highest BCUT2D eigenvalue weighted by molar-refractivity contribution is 7.99. The molecule has 1 aromatic rings. The molecule has 0 aliphatic carbocycles. The standard InChI is InChI=1S/C17H25N5O2S.ClH/c1-12-8-13(2)20-17(19-12)25-11-16(24)21-6-3-4-14(10-21)22-7-5-18-9-15(22)23;/h8,14,18H,3-7,9-11H2,1-2H3;1H. The van der Waals surface area contributed by atoms with Crippen molar-refractivity contribution in [2.24, 2.45) is 0 Å². The van der Waals surface area contributed by atoms with Crippen LogP contribution in [-0.4, -0.2) is 76.1 Å². The molecule has 0 aromatic carbocycles. The highest BCUT2D eigenvalue weighted by atomic mass is 35.5. The Morgan fingerprint density at radius 2 is 2.04 bits per heavy atom. The first-order valence-corrected chi connectivity index (χ1v) is 9.74. The third-order valence-electron chi connectivity index (χ3n) is 4.60. The number of hydrogen-bond acceptors (Lipinski definition) is 6. The van der Waals surface area contributed by atoms with Gasteiger partial charge in [-0.05, 0) is 32.8 Å². The third-order valence-corrected chi connectivity index (χ3v) is 5.43. The van der Waals surface area contributed by atoms with Crippen LogP contribution in [0.4, 0.5) is 0 Å². The number of hydrogen-bond donors (Lipinski definition) is 1. The molecule has 2 aliphatic rings. The van der Waals surface area contributed by atoms with Gasteiger partial charge in [-0.15, -0.1) is 12.4 Å². The quantitative estimate of drug-likeness (QED) is 0.601. The van der Waals surface area contributed by atoms with Gasteiger partial charge < -0.3 is 15.1 Å². The zero-order valence-electron chi connectivity index (χ0n) is 15.2. The van der Waals surface area contributed by atoms with Crippen molar-refractivity contribution >= 4 is 36.0 Å². The number of halogens is 1. The Kier molecular flexibility index (Phi) is 7.67. The molecule has 1 unspecified atom stereocenters. The van der Waals surface area contributed by atoms with Crippen LogP contribution in [0.2, 0.25) is 0 Å². The van der Waals surface area contributed by atoms with Crippen LogP contribution in [0.15, 0.2) is 11.2 Å². The summed E-state index contributed by atoms with van der Waals surface area (Å²) in [6.07, 6.45) is 1.92. The van der Waals surface area contributed by atoms with E-state index in [1.807, 2.05) is 29.7 Å². The van der Waals surface area contributed by atoms with Crippen molar-refractivity contribution in [2.45, 2.75) is 37.9 Å². The topological polar surface area (TPSA) is 78.4 Å². The minimum absolute atomic E-state index is 0. The molecule has 0 radical (unpaired) electrons. The molecule has 0 spiro atoms. The highest BCUT2D eigenvalue weighted by Crippen LogP contribution is 2.20. The molecule has 3 rings (SSSR count). The van der Waals surface area contributed by atoms with Gasteiger partial charge in [-0.3, -0.25) is 9.59 Å². The number of piperazine rings is 1. The molecule has 3 heterocycles. The summed E-state index contributed by atoms with van der Waals surface area (Å²) < 4.78 is 0. The Hall–Kier alpha value is -1.38. The number of nitrogens with zero attached hydrogens (tertiary/aromatic N) is 4. The predicted octanol–water partition coefficient (Wildman–Crippen LogP) is 1.03. The van der Waals surface area contributed by atoms with Crippen LogP contribution in [0.3, 0.4) is 0 Å². The zero-order valence-corrected chi connectivity index (χ0v) is 16.9. The molecule has 0 bridgehead atoms. The second-order valence-corrected chi connectivity index (χ2v) is 7.56. The fourth-order valence-corrected chi connectivity index (χ4v) is 4.27. The lowest BCUT2D eigenvalue weighted by atomic mass is 10.0.